The molecule has 0 aliphatic heterocycles. The molecule has 4 aromatic carbocycles. The molecule has 0 spiro atoms. The average molecular weight is 615 g/mol. The minimum absolute atomic E-state index is 0.0311. The molecule has 0 unspecified atom stereocenters. The normalized spacial score (nSPS) is 11.8. The van der Waals surface area contributed by atoms with Gasteiger partial charge in [-0.05, 0) is 43.2 Å². The van der Waals surface area contributed by atoms with Crippen molar-refractivity contribution < 1.29 is 22.9 Å². The standard InChI is InChI=1S/C33H34N4O6S/c1-3-34-33(39)31(21-26-13-6-4-7-14-26)35(23-27-15-10-12-25(2)20-27)32(38)24-36(28-16-11-17-29(22-28)37(40)41)44(42,43)30-18-8-5-9-19-30/h4-20,22,31H,3,21,23-24H2,1-2H3,(H,34,39)/t31-/m0/s1. The van der Waals surface area contributed by atoms with E-state index in [0.717, 1.165) is 27.1 Å². The predicted molar refractivity (Wildman–Crippen MR) is 168 cm³/mol. The van der Waals surface area contributed by atoms with Crippen LogP contribution in [0.4, 0.5) is 11.4 Å². The number of benzene rings is 4. The van der Waals surface area contributed by atoms with Gasteiger partial charge in [0.15, 0.2) is 0 Å². The second-order valence-corrected chi connectivity index (χ2v) is 12.1. The first-order valence-corrected chi connectivity index (χ1v) is 15.5. The monoisotopic (exact) mass is 614 g/mol. The fourth-order valence-electron chi connectivity index (χ4n) is 4.86. The second-order valence-electron chi connectivity index (χ2n) is 10.2. The van der Waals surface area contributed by atoms with Crippen LogP contribution < -0.4 is 9.62 Å². The number of non-ortho nitro benzene ring substituents is 1. The Bertz CT molecular complexity index is 1710. The highest BCUT2D eigenvalue weighted by Crippen LogP contribution is 2.28. The van der Waals surface area contributed by atoms with Gasteiger partial charge in [-0.3, -0.25) is 24.0 Å². The van der Waals surface area contributed by atoms with E-state index >= 15 is 0 Å². The van der Waals surface area contributed by atoms with Crippen molar-refractivity contribution in [3.8, 4) is 0 Å². The third-order valence-corrected chi connectivity index (χ3v) is 8.78. The van der Waals surface area contributed by atoms with Crippen molar-refractivity contribution in [2.75, 3.05) is 17.4 Å². The van der Waals surface area contributed by atoms with Crippen LogP contribution in [0.25, 0.3) is 0 Å². The van der Waals surface area contributed by atoms with Crippen molar-refractivity contribution in [2.24, 2.45) is 0 Å². The summed E-state index contributed by atoms with van der Waals surface area (Å²) in [5.41, 5.74) is 2.15. The van der Waals surface area contributed by atoms with E-state index in [4.69, 9.17) is 0 Å². The van der Waals surface area contributed by atoms with Crippen LogP contribution in [0.1, 0.15) is 23.6 Å². The van der Waals surface area contributed by atoms with Crippen molar-refractivity contribution in [3.05, 3.63) is 136 Å². The zero-order valence-electron chi connectivity index (χ0n) is 24.5. The number of carbonyl (C=O) groups excluding carboxylic acids is 2. The van der Waals surface area contributed by atoms with Gasteiger partial charge in [-0.2, -0.15) is 0 Å². The van der Waals surface area contributed by atoms with Crippen molar-refractivity contribution in [1.82, 2.24) is 10.2 Å². The molecular formula is C33H34N4O6S. The van der Waals surface area contributed by atoms with Gasteiger partial charge in [0.1, 0.15) is 12.6 Å². The number of likely N-dealkylation sites (N-methyl/N-ethyl adjacent to an activating group) is 1. The van der Waals surface area contributed by atoms with Gasteiger partial charge in [0, 0.05) is 31.6 Å². The summed E-state index contributed by atoms with van der Waals surface area (Å²) in [5.74, 6) is -1.03. The molecule has 228 valence electrons. The first-order chi connectivity index (χ1) is 21.1. The summed E-state index contributed by atoms with van der Waals surface area (Å²) in [4.78, 5) is 40.1. The van der Waals surface area contributed by atoms with E-state index < -0.39 is 33.4 Å². The van der Waals surface area contributed by atoms with Gasteiger partial charge in [0.25, 0.3) is 15.7 Å². The largest absolute Gasteiger partial charge is 0.355 e. The molecule has 0 radical (unpaired) electrons. The molecule has 0 saturated carbocycles. The van der Waals surface area contributed by atoms with Gasteiger partial charge in [-0.25, -0.2) is 8.42 Å². The fraction of sp³-hybridized carbons (Fsp3) is 0.212. The summed E-state index contributed by atoms with van der Waals surface area (Å²) < 4.78 is 28.8. The molecular weight excluding hydrogens is 580 g/mol. The van der Waals surface area contributed by atoms with Gasteiger partial charge in [-0.15, -0.1) is 0 Å². The van der Waals surface area contributed by atoms with Crippen LogP contribution in [0.5, 0.6) is 0 Å². The Balaban J connectivity index is 1.82. The summed E-state index contributed by atoms with van der Waals surface area (Å²) in [7, 11) is -4.36. The Kier molecular flexibility index (Phi) is 10.5. The number of hydrogen-bond donors (Lipinski definition) is 1. The molecule has 2 amide bonds. The predicted octanol–water partition coefficient (Wildman–Crippen LogP) is 4.87. The number of anilines is 1. The highest BCUT2D eigenvalue weighted by atomic mass is 32.2. The number of amides is 2. The average Bonchev–Trinajstić information content (AvgIpc) is 3.02. The van der Waals surface area contributed by atoms with Crippen molar-refractivity contribution in [1.29, 1.82) is 0 Å². The van der Waals surface area contributed by atoms with Gasteiger partial charge in [-0.1, -0.05) is 84.4 Å². The van der Waals surface area contributed by atoms with Crippen LogP contribution >= 0.6 is 0 Å². The summed E-state index contributed by atoms with van der Waals surface area (Å²) in [6, 6.07) is 28.4. The van der Waals surface area contributed by atoms with Gasteiger partial charge < -0.3 is 10.2 Å². The molecule has 0 fully saturated rings. The molecule has 44 heavy (non-hydrogen) atoms. The molecule has 10 nitrogen and oxygen atoms in total. The Hall–Kier alpha value is -5.03. The number of aryl methyl sites for hydroxylation is 1. The molecule has 0 aliphatic rings. The molecule has 0 aromatic heterocycles. The zero-order chi connectivity index (χ0) is 31.7. The van der Waals surface area contributed by atoms with Crippen molar-refractivity contribution >= 4 is 33.2 Å². The number of nitrogens with zero attached hydrogens (tertiary/aromatic N) is 3. The SMILES string of the molecule is CCNC(=O)[C@H](Cc1ccccc1)N(Cc1cccc(C)c1)C(=O)CN(c1cccc([N+](=O)[O-])c1)S(=O)(=O)c1ccccc1. The maximum Gasteiger partial charge on any atom is 0.271 e. The molecule has 4 rings (SSSR count). The Labute approximate surface area is 257 Å². The third kappa shape index (κ3) is 7.87. The topological polar surface area (TPSA) is 130 Å². The van der Waals surface area contributed by atoms with E-state index in [-0.39, 0.29) is 35.1 Å². The van der Waals surface area contributed by atoms with Crippen molar-refractivity contribution in [2.45, 2.75) is 37.8 Å². The van der Waals surface area contributed by atoms with Crippen LogP contribution in [0.15, 0.2) is 114 Å². The van der Waals surface area contributed by atoms with Crippen LogP contribution in [-0.4, -0.2) is 49.2 Å². The van der Waals surface area contributed by atoms with Crippen LogP contribution in [0, 0.1) is 17.0 Å². The highest BCUT2D eigenvalue weighted by molar-refractivity contribution is 7.92. The van der Waals surface area contributed by atoms with E-state index in [2.05, 4.69) is 5.32 Å². The Morgan fingerprint density at radius 2 is 1.50 bits per heavy atom. The lowest BCUT2D eigenvalue weighted by atomic mass is 10.0. The molecule has 0 saturated heterocycles. The number of nitro groups is 1. The highest BCUT2D eigenvalue weighted by Gasteiger charge is 2.34. The van der Waals surface area contributed by atoms with Crippen molar-refractivity contribution in [3.63, 3.8) is 0 Å². The number of nitrogens with one attached hydrogen (secondary N) is 1. The lowest BCUT2D eigenvalue weighted by Crippen LogP contribution is -2.53. The van der Waals surface area contributed by atoms with E-state index in [9.17, 15) is 28.1 Å². The van der Waals surface area contributed by atoms with Crippen LogP contribution in [0.3, 0.4) is 0 Å². The molecule has 0 heterocycles. The number of sulfonamides is 1. The van der Waals surface area contributed by atoms with Gasteiger partial charge in [0.05, 0.1) is 15.5 Å². The Morgan fingerprint density at radius 3 is 2.14 bits per heavy atom. The minimum Gasteiger partial charge on any atom is -0.355 e. The third-order valence-electron chi connectivity index (χ3n) is 7.00. The summed E-state index contributed by atoms with van der Waals surface area (Å²) in [6.45, 7) is 3.36. The maximum atomic E-state index is 14.4. The number of nitro benzene ring substituents is 1. The minimum atomic E-state index is -4.36. The van der Waals surface area contributed by atoms with E-state index in [1.807, 2.05) is 61.5 Å². The van der Waals surface area contributed by atoms with Gasteiger partial charge >= 0.3 is 0 Å². The molecule has 1 atom stereocenters. The quantitative estimate of drug-likeness (QED) is 0.169. The second kappa shape index (κ2) is 14.4. The number of hydrogen-bond acceptors (Lipinski definition) is 6. The maximum absolute atomic E-state index is 14.4. The van der Waals surface area contributed by atoms with E-state index in [0.29, 0.717) is 6.54 Å². The fourth-order valence-corrected chi connectivity index (χ4v) is 6.29. The Morgan fingerprint density at radius 1 is 0.864 bits per heavy atom. The first-order valence-electron chi connectivity index (χ1n) is 14.1. The number of rotatable bonds is 13. The molecule has 1 N–H and O–H groups in total. The summed E-state index contributed by atoms with van der Waals surface area (Å²) >= 11 is 0. The summed E-state index contributed by atoms with van der Waals surface area (Å²) in [5, 5.41) is 14.4. The van der Waals surface area contributed by atoms with Crippen LogP contribution in [0.2, 0.25) is 0 Å². The zero-order valence-corrected chi connectivity index (χ0v) is 25.3. The lowest BCUT2D eigenvalue weighted by Gasteiger charge is -2.33. The van der Waals surface area contributed by atoms with E-state index in [1.54, 1.807) is 25.1 Å². The lowest BCUT2D eigenvalue weighted by molar-refractivity contribution is -0.384. The smallest absolute Gasteiger partial charge is 0.271 e. The first kappa shape index (κ1) is 31.9. The van der Waals surface area contributed by atoms with Gasteiger partial charge in [0.2, 0.25) is 11.8 Å². The van der Waals surface area contributed by atoms with Crippen LogP contribution in [-0.2, 0) is 32.6 Å². The molecule has 0 bridgehead atoms. The number of carbonyl (C=O) groups is 2. The molecule has 4 aromatic rings. The van der Waals surface area contributed by atoms with E-state index in [1.165, 1.54) is 35.2 Å². The summed E-state index contributed by atoms with van der Waals surface area (Å²) in [6.07, 6.45) is 0.187. The molecule has 0 aliphatic carbocycles. The molecule has 11 heteroatoms.